The summed E-state index contributed by atoms with van der Waals surface area (Å²) in [6, 6.07) is 16.7. The van der Waals surface area contributed by atoms with Crippen LogP contribution < -0.4 is 16.0 Å². The first kappa shape index (κ1) is 14.8. The molecule has 1 atom stereocenters. The van der Waals surface area contributed by atoms with E-state index in [9.17, 15) is 0 Å². The topological polar surface area (TPSA) is 41.3 Å². The molecule has 1 aliphatic heterocycles. The van der Waals surface area contributed by atoms with E-state index in [2.05, 4.69) is 47.5 Å². The van der Waals surface area contributed by atoms with Gasteiger partial charge in [0, 0.05) is 36.7 Å². The van der Waals surface area contributed by atoms with Crippen LogP contribution in [0, 0.1) is 5.92 Å². The number of nitrogens with two attached hydrogens (primary N) is 1. The number of benzene rings is 2. The standard InChI is InChI=1S/C19H25N3/c1-15-5-4-12-22(14-15)18-10-8-17(9-11-18)21-13-16-6-2-3-7-19(16)20/h2-3,6-11,15,21H,4-5,12-14,20H2,1H3. The van der Waals surface area contributed by atoms with Gasteiger partial charge in [0.2, 0.25) is 0 Å². The molecule has 0 spiro atoms. The Morgan fingerprint density at radius 3 is 2.64 bits per heavy atom. The van der Waals surface area contributed by atoms with Gasteiger partial charge in [0.25, 0.3) is 0 Å². The number of piperidine rings is 1. The van der Waals surface area contributed by atoms with E-state index >= 15 is 0 Å². The highest BCUT2D eigenvalue weighted by molar-refractivity contribution is 5.56. The molecule has 0 radical (unpaired) electrons. The highest BCUT2D eigenvalue weighted by Gasteiger charge is 2.16. The van der Waals surface area contributed by atoms with Crippen molar-refractivity contribution in [1.82, 2.24) is 0 Å². The molecule has 3 N–H and O–H groups in total. The fourth-order valence-corrected chi connectivity index (χ4v) is 3.11. The lowest BCUT2D eigenvalue weighted by Gasteiger charge is -2.32. The van der Waals surface area contributed by atoms with Crippen LogP contribution in [0.15, 0.2) is 48.5 Å². The number of para-hydroxylation sites is 1. The summed E-state index contributed by atoms with van der Waals surface area (Å²) in [6.07, 6.45) is 2.66. The Bertz CT molecular complexity index is 606. The minimum Gasteiger partial charge on any atom is -0.398 e. The fraction of sp³-hybridized carbons (Fsp3) is 0.368. The fourth-order valence-electron chi connectivity index (χ4n) is 3.11. The van der Waals surface area contributed by atoms with Gasteiger partial charge in [0.15, 0.2) is 0 Å². The predicted molar refractivity (Wildman–Crippen MR) is 95.2 cm³/mol. The third-order valence-corrected chi connectivity index (χ3v) is 4.43. The highest BCUT2D eigenvalue weighted by Crippen LogP contribution is 2.24. The van der Waals surface area contributed by atoms with Gasteiger partial charge in [-0.25, -0.2) is 0 Å². The zero-order valence-corrected chi connectivity index (χ0v) is 13.3. The molecule has 0 aliphatic carbocycles. The number of nitrogen functional groups attached to an aromatic ring is 1. The number of nitrogens with one attached hydrogen (secondary N) is 1. The Morgan fingerprint density at radius 1 is 1.14 bits per heavy atom. The van der Waals surface area contributed by atoms with E-state index in [1.165, 1.54) is 31.6 Å². The van der Waals surface area contributed by atoms with Crippen LogP contribution in [0.2, 0.25) is 0 Å². The predicted octanol–water partition coefficient (Wildman–Crippen LogP) is 4.12. The largest absolute Gasteiger partial charge is 0.398 e. The molecule has 3 heteroatoms. The second-order valence-electron chi connectivity index (χ2n) is 6.29. The summed E-state index contributed by atoms with van der Waals surface area (Å²) in [5, 5.41) is 3.44. The van der Waals surface area contributed by atoms with Crippen LogP contribution >= 0.6 is 0 Å². The Labute approximate surface area is 133 Å². The van der Waals surface area contributed by atoms with Crippen molar-refractivity contribution < 1.29 is 0 Å². The molecular weight excluding hydrogens is 270 g/mol. The molecule has 116 valence electrons. The lowest BCUT2D eigenvalue weighted by Crippen LogP contribution is -2.34. The molecule has 3 rings (SSSR count). The first-order chi connectivity index (χ1) is 10.7. The maximum Gasteiger partial charge on any atom is 0.0421 e. The molecule has 1 aliphatic rings. The lowest BCUT2D eigenvalue weighted by atomic mass is 10.00. The van der Waals surface area contributed by atoms with Crippen molar-refractivity contribution in [1.29, 1.82) is 0 Å². The summed E-state index contributed by atoms with van der Waals surface area (Å²) in [4.78, 5) is 2.49. The van der Waals surface area contributed by atoms with Crippen molar-refractivity contribution in [2.45, 2.75) is 26.3 Å². The van der Waals surface area contributed by atoms with E-state index in [4.69, 9.17) is 5.73 Å². The zero-order chi connectivity index (χ0) is 15.4. The van der Waals surface area contributed by atoms with Gasteiger partial charge in [-0.15, -0.1) is 0 Å². The Morgan fingerprint density at radius 2 is 1.91 bits per heavy atom. The zero-order valence-electron chi connectivity index (χ0n) is 13.3. The number of rotatable bonds is 4. The average molecular weight is 295 g/mol. The minimum absolute atomic E-state index is 0.757. The summed E-state index contributed by atoms with van der Waals surface area (Å²) in [7, 11) is 0. The Balaban J connectivity index is 1.61. The van der Waals surface area contributed by atoms with Crippen LogP contribution in [0.1, 0.15) is 25.3 Å². The van der Waals surface area contributed by atoms with Crippen LogP contribution in [-0.2, 0) is 6.54 Å². The first-order valence-corrected chi connectivity index (χ1v) is 8.14. The minimum atomic E-state index is 0.757. The monoisotopic (exact) mass is 295 g/mol. The van der Waals surface area contributed by atoms with Crippen LogP contribution in [0.25, 0.3) is 0 Å². The number of hydrogen-bond donors (Lipinski definition) is 2. The van der Waals surface area contributed by atoms with Crippen molar-refractivity contribution >= 4 is 17.1 Å². The van der Waals surface area contributed by atoms with Gasteiger partial charge in [-0.3, -0.25) is 0 Å². The molecule has 0 amide bonds. The molecule has 0 saturated carbocycles. The van der Waals surface area contributed by atoms with Crippen LogP contribution in [0.4, 0.5) is 17.1 Å². The van der Waals surface area contributed by atoms with Crippen molar-refractivity contribution in [2.24, 2.45) is 5.92 Å². The van der Waals surface area contributed by atoms with Gasteiger partial charge in [-0.1, -0.05) is 25.1 Å². The summed E-state index contributed by atoms with van der Waals surface area (Å²) >= 11 is 0. The quantitative estimate of drug-likeness (QED) is 0.834. The Kier molecular flexibility index (Phi) is 4.52. The number of hydrogen-bond acceptors (Lipinski definition) is 3. The van der Waals surface area contributed by atoms with Crippen LogP contribution in [0.3, 0.4) is 0 Å². The molecule has 1 fully saturated rings. The summed E-state index contributed by atoms with van der Waals surface area (Å²) in [5.41, 5.74) is 10.4. The van der Waals surface area contributed by atoms with E-state index < -0.39 is 0 Å². The first-order valence-electron chi connectivity index (χ1n) is 8.14. The molecule has 1 unspecified atom stereocenters. The summed E-state index contributed by atoms with van der Waals surface area (Å²) in [5.74, 6) is 0.799. The van der Waals surface area contributed by atoms with E-state index in [1.54, 1.807) is 0 Å². The number of nitrogens with zero attached hydrogens (tertiary/aromatic N) is 1. The van der Waals surface area contributed by atoms with Crippen molar-refractivity contribution in [2.75, 3.05) is 29.0 Å². The smallest absolute Gasteiger partial charge is 0.0421 e. The van der Waals surface area contributed by atoms with Gasteiger partial charge in [-0.05, 0) is 54.7 Å². The van der Waals surface area contributed by atoms with Crippen molar-refractivity contribution in [3.63, 3.8) is 0 Å². The van der Waals surface area contributed by atoms with E-state index in [-0.39, 0.29) is 0 Å². The second-order valence-corrected chi connectivity index (χ2v) is 6.29. The summed E-state index contributed by atoms with van der Waals surface area (Å²) in [6.45, 7) is 5.45. The molecule has 22 heavy (non-hydrogen) atoms. The van der Waals surface area contributed by atoms with Gasteiger partial charge in [0.05, 0.1) is 0 Å². The molecular formula is C19H25N3. The number of anilines is 3. The third kappa shape index (κ3) is 3.53. The molecule has 2 aromatic carbocycles. The third-order valence-electron chi connectivity index (χ3n) is 4.43. The van der Waals surface area contributed by atoms with E-state index in [0.717, 1.165) is 29.4 Å². The average Bonchev–Trinajstić information content (AvgIpc) is 2.55. The van der Waals surface area contributed by atoms with Gasteiger partial charge >= 0.3 is 0 Å². The molecule has 0 bridgehead atoms. The lowest BCUT2D eigenvalue weighted by molar-refractivity contribution is 0.447. The van der Waals surface area contributed by atoms with E-state index in [1.807, 2.05) is 18.2 Å². The second kappa shape index (κ2) is 6.73. The van der Waals surface area contributed by atoms with Gasteiger partial charge < -0.3 is 16.0 Å². The normalized spacial score (nSPS) is 18.2. The highest BCUT2D eigenvalue weighted by atomic mass is 15.1. The maximum absolute atomic E-state index is 5.97. The van der Waals surface area contributed by atoms with Gasteiger partial charge in [0.1, 0.15) is 0 Å². The van der Waals surface area contributed by atoms with Crippen molar-refractivity contribution in [3.05, 3.63) is 54.1 Å². The Hall–Kier alpha value is -2.16. The molecule has 3 nitrogen and oxygen atoms in total. The van der Waals surface area contributed by atoms with E-state index in [0.29, 0.717) is 0 Å². The maximum atomic E-state index is 5.97. The van der Waals surface area contributed by atoms with Gasteiger partial charge in [-0.2, -0.15) is 0 Å². The van der Waals surface area contributed by atoms with Crippen LogP contribution in [0.5, 0.6) is 0 Å². The molecule has 2 aromatic rings. The SMILES string of the molecule is CC1CCCN(c2ccc(NCc3ccccc3N)cc2)C1. The van der Waals surface area contributed by atoms with Crippen molar-refractivity contribution in [3.8, 4) is 0 Å². The summed E-state index contributed by atoms with van der Waals surface area (Å²) < 4.78 is 0. The molecule has 1 saturated heterocycles. The molecule has 1 heterocycles. The van der Waals surface area contributed by atoms with Crippen LogP contribution in [-0.4, -0.2) is 13.1 Å². The molecule has 0 aromatic heterocycles.